The molecule has 2 aromatic carbocycles. The van der Waals surface area contributed by atoms with E-state index in [1.54, 1.807) is 34.1 Å². The van der Waals surface area contributed by atoms with Crippen LogP contribution in [0.1, 0.15) is 25.2 Å². The first-order valence-corrected chi connectivity index (χ1v) is 12.0. The fourth-order valence-corrected chi connectivity index (χ4v) is 4.75. The van der Waals surface area contributed by atoms with E-state index in [0.717, 1.165) is 12.8 Å². The number of amides is 2. The van der Waals surface area contributed by atoms with E-state index in [-0.39, 0.29) is 30.8 Å². The standard InChI is InChI=1S/C25H23ClN4O5/c26-19-4-2-1-3-18(19)24-28-27-22(35-24)14-30(16-5-6-16)25(32)15-11-23(31)29(13-15)17-7-8-20-21(12-17)34-10-9-33-20/h1-4,7-8,12,15-16H,5-6,9-11,13-14H2/t15-/m1/s1. The lowest BCUT2D eigenvalue weighted by molar-refractivity contribution is -0.137. The van der Waals surface area contributed by atoms with E-state index in [9.17, 15) is 9.59 Å². The van der Waals surface area contributed by atoms with Crippen LogP contribution in [-0.4, -0.2) is 52.7 Å². The maximum atomic E-state index is 13.5. The molecular weight excluding hydrogens is 472 g/mol. The largest absolute Gasteiger partial charge is 0.486 e. The van der Waals surface area contributed by atoms with E-state index in [1.807, 2.05) is 18.2 Å². The molecule has 3 aromatic rings. The van der Waals surface area contributed by atoms with Crippen LogP contribution < -0.4 is 14.4 Å². The fraction of sp³-hybridized carbons (Fsp3) is 0.360. The quantitative estimate of drug-likeness (QED) is 0.515. The van der Waals surface area contributed by atoms with Gasteiger partial charge in [-0.2, -0.15) is 0 Å². The topological polar surface area (TPSA) is 98.0 Å². The number of benzene rings is 2. The van der Waals surface area contributed by atoms with Crippen LogP contribution in [-0.2, 0) is 16.1 Å². The number of anilines is 1. The van der Waals surface area contributed by atoms with Gasteiger partial charge in [-0.25, -0.2) is 0 Å². The minimum atomic E-state index is -0.442. The lowest BCUT2D eigenvalue weighted by Crippen LogP contribution is -2.38. The Bertz CT molecular complexity index is 1290. The molecular formula is C25H23ClN4O5. The molecule has 35 heavy (non-hydrogen) atoms. The predicted molar refractivity (Wildman–Crippen MR) is 126 cm³/mol. The van der Waals surface area contributed by atoms with E-state index in [2.05, 4.69) is 10.2 Å². The molecule has 1 saturated carbocycles. The summed E-state index contributed by atoms with van der Waals surface area (Å²) in [7, 11) is 0. The Hall–Kier alpha value is -3.59. The Balaban J connectivity index is 1.17. The Morgan fingerprint density at radius 3 is 2.69 bits per heavy atom. The molecule has 0 spiro atoms. The van der Waals surface area contributed by atoms with Crippen molar-refractivity contribution in [3.8, 4) is 23.0 Å². The van der Waals surface area contributed by atoms with E-state index in [0.29, 0.717) is 59.3 Å². The van der Waals surface area contributed by atoms with E-state index >= 15 is 0 Å². The van der Waals surface area contributed by atoms with Gasteiger partial charge in [-0.3, -0.25) is 9.59 Å². The highest BCUT2D eigenvalue weighted by Gasteiger charge is 2.42. The molecule has 3 heterocycles. The molecule has 9 nitrogen and oxygen atoms in total. The van der Waals surface area contributed by atoms with Crippen molar-refractivity contribution in [2.24, 2.45) is 5.92 Å². The molecule has 1 saturated heterocycles. The number of hydrogen-bond acceptors (Lipinski definition) is 7. The number of carbonyl (C=O) groups is 2. The lowest BCUT2D eigenvalue weighted by atomic mass is 10.1. The lowest BCUT2D eigenvalue weighted by Gasteiger charge is -2.25. The molecule has 6 rings (SSSR count). The van der Waals surface area contributed by atoms with Crippen molar-refractivity contribution in [2.45, 2.75) is 31.8 Å². The zero-order valence-electron chi connectivity index (χ0n) is 18.9. The molecule has 2 fully saturated rings. The first-order valence-electron chi connectivity index (χ1n) is 11.6. The van der Waals surface area contributed by atoms with Crippen LogP contribution in [0.3, 0.4) is 0 Å². The summed E-state index contributed by atoms with van der Waals surface area (Å²) in [5, 5.41) is 8.77. The van der Waals surface area contributed by atoms with Gasteiger partial charge in [0.2, 0.25) is 23.6 Å². The molecule has 1 aliphatic carbocycles. The number of halogens is 1. The van der Waals surface area contributed by atoms with Gasteiger partial charge in [-0.1, -0.05) is 23.7 Å². The van der Waals surface area contributed by atoms with Crippen molar-refractivity contribution in [3.05, 3.63) is 53.4 Å². The number of rotatable bonds is 6. The van der Waals surface area contributed by atoms with Gasteiger partial charge in [0.1, 0.15) is 13.2 Å². The zero-order chi connectivity index (χ0) is 23.9. The van der Waals surface area contributed by atoms with Crippen LogP contribution in [0.15, 0.2) is 46.9 Å². The molecule has 180 valence electrons. The molecule has 10 heteroatoms. The smallest absolute Gasteiger partial charge is 0.249 e. The third kappa shape index (κ3) is 4.32. The highest BCUT2D eigenvalue weighted by atomic mass is 35.5. The minimum Gasteiger partial charge on any atom is -0.486 e. The Kier molecular flexibility index (Phi) is 5.56. The summed E-state index contributed by atoms with van der Waals surface area (Å²) >= 11 is 6.24. The second-order valence-corrected chi connectivity index (χ2v) is 9.32. The average Bonchev–Trinajstić information content (AvgIpc) is 3.49. The van der Waals surface area contributed by atoms with Gasteiger partial charge in [-0.15, -0.1) is 10.2 Å². The summed E-state index contributed by atoms with van der Waals surface area (Å²) in [4.78, 5) is 29.8. The first kappa shape index (κ1) is 21.9. The average molecular weight is 495 g/mol. The van der Waals surface area contributed by atoms with Gasteiger partial charge in [0.15, 0.2) is 11.5 Å². The highest BCUT2D eigenvalue weighted by Crippen LogP contribution is 2.37. The number of aromatic nitrogens is 2. The normalized spacial score (nSPS) is 19.2. The Labute approximate surface area is 206 Å². The fourth-order valence-electron chi connectivity index (χ4n) is 4.54. The van der Waals surface area contributed by atoms with Crippen molar-refractivity contribution < 1.29 is 23.5 Å². The first-order chi connectivity index (χ1) is 17.1. The third-order valence-electron chi connectivity index (χ3n) is 6.46. The summed E-state index contributed by atoms with van der Waals surface area (Å²) in [6.07, 6.45) is 2.00. The summed E-state index contributed by atoms with van der Waals surface area (Å²) in [5.41, 5.74) is 1.35. The minimum absolute atomic E-state index is 0.0709. The van der Waals surface area contributed by atoms with Gasteiger partial charge in [0, 0.05) is 30.8 Å². The van der Waals surface area contributed by atoms with E-state index in [1.165, 1.54) is 0 Å². The zero-order valence-corrected chi connectivity index (χ0v) is 19.6. The van der Waals surface area contributed by atoms with Gasteiger partial charge in [0.25, 0.3) is 0 Å². The maximum absolute atomic E-state index is 13.5. The molecule has 2 aliphatic heterocycles. The predicted octanol–water partition coefficient (Wildman–Crippen LogP) is 3.71. The summed E-state index contributed by atoms with van der Waals surface area (Å²) in [5.74, 6) is 1.33. The van der Waals surface area contributed by atoms with Gasteiger partial charge >= 0.3 is 0 Å². The molecule has 0 radical (unpaired) electrons. The number of ether oxygens (including phenoxy) is 2. The van der Waals surface area contributed by atoms with Crippen LogP contribution >= 0.6 is 11.6 Å². The Morgan fingerprint density at radius 2 is 1.89 bits per heavy atom. The molecule has 1 atom stereocenters. The second-order valence-electron chi connectivity index (χ2n) is 8.91. The van der Waals surface area contributed by atoms with Crippen molar-refractivity contribution in [2.75, 3.05) is 24.7 Å². The maximum Gasteiger partial charge on any atom is 0.249 e. The van der Waals surface area contributed by atoms with Crippen molar-refractivity contribution in [3.63, 3.8) is 0 Å². The van der Waals surface area contributed by atoms with Gasteiger partial charge in [-0.05, 0) is 37.1 Å². The van der Waals surface area contributed by atoms with Crippen molar-refractivity contribution in [1.29, 1.82) is 0 Å². The number of hydrogen-bond donors (Lipinski definition) is 0. The van der Waals surface area contributed by atoms with Crippen LogP contribution in [0, 0.1) is 5.92 Å². The summed E-state index contributed by atoms with van der Waals surface area (Å²) in [6, 6.07) is 12.8. The van der Waals surface area contributed by atoms with Gasteiger partial charge in [0.05, 0.1) is 23.0 Å². The number of nitrogens with zero attached hydrogens (tertiary/aromatic N) is 4. The second kappa shape index (κ2) is 8.88. The summed E-state index contributed by atoms with van der Waals surface area (Å²) in [6.45, 7) is 1.49. The monoisotopic (exact) mass is 494 g/mol. The molecule has 0 N–H and O–H groups in total. The molecule has 3 aliphatic rings. The van der Waals surface area contributed by atoms with Crippen LogP contribution in [0.5, 0.6) is 11.5 Å². The number of carbonyl (C=O) groups excluding carboxylic acids is 2. The molecule has 0 unspecified atom stereocenters. The van der Waals surface area contributed by atoms with Crippen LogP contribution in [0.25, 0.3) is 11.5 Å². The number of fused-ring (bicyclic) bond motifs is 1. The van der Waals surface area contributed by atoms with E-state index < -0.39 is 5.92 Å². The van der Waals surface area contributed by atoms with Crippen LogP contribution in [0.4, 0.5) is 5.69 Å². The molecule has 1 aromatic heterocycles. The molecule has 0 bridgehead atoms. The highest BCUT2D eigenvalue weighted by molar-refractivity contribution is 6.33. The van der Waals surface area contributed by atoms with Crippen molar-refractivity contribution >= 4 is 29.1 Å². The SMILES string of the molecule is O=C1C[C@@H](C(=O)N(Cc2nnc(-c3ccccc3Cl)o2)C2CC2)CN1c1ccc2c(c1)OCCO2. The van der Waals surface area contributed by atoms with Crippen molar-refractivity contribution in [1.82, 2.24) is 15.1 Å². The van der Waals surface area contributed by atoms with Crippen LogP contribution in [0.2, 0.25) is 5.02 Å². The third-order valence-corrected chi connectivity index (χ3v) is 6.79. The molecule has 2 amide bonds. The van der Waals surface area contributed by atoms with Gasteiger partial charge < -0.3 is 23.7 Å². The Morgan fingerprint density at radius 1 is 1.09 bits per heavy atom. The summed E-state index contributed by atoms with van der Waals surface area (Å²) < 4.78 is 17.1. The van der Waals surface area contributed by atoms with E-state index in [4.69, 9.17) is 25.5 Å².